The summed E-state index contributed by atoms with van der Waals surface area (Å²) in [7, 11) is 1.48. The number of nitrogens with zero attached hydrogens (tertiary/aromatic N) is 2. The molecule has 0 bridgehead atoms. The van der Waals surface area contributed by atoms with E-state index in [9.17, 15) is 14.0 Å². The molecule has 0 radical (unpaired) electrons. The van der Waals surface area contributed by atoms with E-state index in [1.807, 2.05) is 0 Å². The maximum atomic E-state index is 14.8. The topological polar surface area (TPSA) is 157 Å². The Hall–Kier alpha value is -4.25. The number of anilines is 4. The van der Waals surface area contributed by atoms with E-state index < -0.39 is 11.7 Å². The number of amides is 2. The maximum Gasteiger partial charge on any atom is 0.259 e. The van der Waals surface area contributed by atoms with Crippen molar-refractivity contribution in [1.82, 2.24) is 9.97 Å². The molecule has 36 heavy (non-hydrogen) atoms. The van der Waals surface area contributed by atoms with Gasteiger partial charge in [-0.05, 0) is 37.1 Å². The smallest absolute Gasteiger partial charge is 0.259 e. The van der Waals surface area contributed by atoms with E-state index in [0.29, 0.717) is 22.7 Å². The van der Waals surface area contributed by atoms with Crippen LogP contribution < -0.4 is 32.2 Å². The first kappa shape index (κ1) is 24.9. The van der Waals surface area contributed by atoms with E-state index >= 15 is 0 Å². The van der Waals surface area contributed by atoms with Gasteiger partial charge in [-0.2, -0.15) is 0 Å². The largest absolute Gasteiger partial charge is 0.496 e. The number of hydrogen-bond donors (Lipinski definition) is 5. The number of halogens is 1. The van der Waals surface area contributed by atoms with Gasteiger partial charge in [0.25, 0.3) is 11.8 Å². The van der Waals surface area contributed by atoms with Crippen molar-refractivity contribution < 1.29 is 18.7 Å². The molecule has 2 atom stereocenters. The Bertz CT molecular complexity index is 1270. The lowest BCUT2D eigenvalue weighted by Crippen LogP contribution is -2.43. The van der Waals surface area contributed by atoms with Crippen molar-refractivity contribution >= 4 is 34.8 Å². The van der Waals surface area contributed by atoms with E-state index in [2.05, 4.69) is 25.9 Å². The summed E-state index contributed by atoms with van der Waals surface area (Å²) in [6, 6.07) is 9.18. The zero-order valence-corrected chi connectivity index (χ0v) is 19.8. The molecule has 2 amide bonds. The van der Waals surface area contributed by atoms with Gasteiger partial charge in [0.15, 0.2) is 11.6 Å². The number of carbonyl (C=O) groups excluding carboxylic acids is 2. The molecule has 2 heterocycles. The van der Waals surface area contributed by atoms with Crippen LogP contribution in [0.15, 0.2) is 48.8 Å². The van der Waals surface area contributed by atoms with E-state index in [1.165, 1.54) is 19.5 Å². The lowest BCUT2D eigenvalue weighted by molar-refractivity contribution is 0.0997. The normalized spacial score (nSPS) is 17.2. The van der Waals surface area contributed by atoms with Crippen LogP contribution in [-0.4, -0.2) is 41.0 Å². The van der Waals surface area contributed by atoms with Crippen LogP contribution in [0, 0.1) is 5.82 Å². The fraction of sp³-hybridized carbons (Fsp3) is 0.280. The maximum absolute atomic E-state index is 14.8. The van der Waals surface area contributed by atoms with E-state index in [0.717, 1.165) is 31.7 Å². The number of methoxy groups -OCH3 is 1. The highest BCUT2D eigenvalue weighted by atomic mass is 19.1. The molecule has 2 aromatic heterocycles. The van der Waals surface area contributed by atoms with Gasteiger partial charge in [-0.25, -0.2) is 9.37 Å². The van der Waals surface area contributed by atoms with Gasteiger partial charge >= 0.3 is 0 Å². The SMILES string of the molecule is COc1ccccc1C(=O)Nc1cncc(Nc2nc(NC3CCCCC3N)c(F)cc2C(N)=O)c1. The van der Waals surface area contributed by atoms with Crippen LogP contribution in [0.4, 0.5) is 27.4 Å². The van der Waals surface area contributed by atoms with Gasteiger partial charge in [-0.3, -0.25) is 14.6 Å². The van der Waals surface area contributed by atoms with Crippen molar-refractivity contribution in [3.05, 3.63) is 65.7 Å². The Morgan fingerprint density at radius 3 is 2.56 bits per heavy atom. The number of benzene rings is 1. The van der Waals surface area contributed by atoms with E-state index in [-0.39, 0.29) is 35.2 Å². The van der Waals surface area contributed by atoms with Crippen molar-refractivity contribution in [2.24, 2.45) is 11.5 Å². The number of carbonyl (C=O) groups is 2. The number of hydrogen-bond acceptors (Lipinski definition) is 8. The Morgan fingerprint density at radius 2 is 1.81 bits per heavy atom. The Labute approximate surface area is 207 Å². The van der Waals surface area contributed by atoms with Gasteiger partial charge in [0, 0.05) is 12.1 Å². The number of nitrogens with two attached hydrogens (primary N) is 2. The van der Waals surface area contributed by atoms with Crippen molar-refractivity contribution in [2.75, 3.05) is 23.1 Å². The summed E-state index contributed by atoms with van der Waals surface area (Å²) in [4.78, 5) is 33.2. The number of primary amides is 1. The molecule has 11 heteroatoms. The third kappa shape index (κ3) is 5.69. The second kappa shape index (κ2) is 11.0. The minimum atomic E-state index is -0.849. The number of para-hydroxylation sites is 1. The molecule has 188 valence electrons. The summed E-state index contributed by atoms with van der Waals surface area (Å²) < 4.78 is 20.0. The molecule has 2 unspecified atom stereocenters. The number of nitrogens with one attached hydrogen (secondary N) is 3. The lowest BCUT2D eigenvalue weighted by atomic mass is 9.91. The molecule has 0 saturated heterocycles. The number of rotatable bonds is 8. The minimum absolute atomic E-state index is 0.0292. The van der Waals surface area contributed by atoms with Gasteiger partial charge in [0.2, 0.25) is 0 Å². The zero-order chi connectivity index (χ0) is 25.7. The summed E-state index contributed by atoms with van der Waals surface area (Å²) in [5, 5.41) is 8.78. The van der Waals surface area contributed by atoms with Crippen LogP contribution in [0.3, 0.4) is 0 Å². The van der Waals surface area contributed by atoms with Gasteiger partial charge in [-0.1, -0.05) is 25.0 Å². The first-order valence-electron chi connectivity index (χ1n) is 11.5. The monoisotopic (exact) mass is 493 g/mol. The Balaban J connectivity index is 1.57. The quantitative estimate of drug-likeness (QED) is 0.319. The van der Waals surface area contributed by atoms with Crippen molar-refractivity contribution in [3.8, 4) is 5.75 Å². The molecule has 10 nitrogen and oxygen atoms in total. The highest BCUT2D eigenvalue weighted by Gasteiger charge is 2.24. The number of pyridine rings is 2. The second-order valence-corrected chi connectivity index (χ2v) is 8.52. The molecule has 0 spiro atoms. The average molecular weight is 494 g/mol. The molecule has 1 saturated carbocycles. The standard InChI is InChI=1S/C25H28FN7O3/c1-36-21-9-5-2-6-16(21)25(35)31-15-10-14(12-29-13-15)30-23-17(22(28)34)11-18(26)24(33-23)32-20-8-4-3-7-19(20)27/h2,5-6,9-13,19-20H,3-4,7-8,27H2,1H3,(H2,28,34)(H,31,35)(H2,30,32,33). The summed E-state index contributed by atoms with van der Waals surface area (Å²) >= 11 is 0. The highest BCUT2D eigenvalue weighted by molar-refractivity contribution is 6.06. The molecule has 4 rings (SSSR count). The molecule has 7 N–H and O–H groups in total. The fourth-order valence-electron chi connectivity index (χ4n) is 4.13. The molecule has 0 aliphatic heterocycles. The average Bonchev–Trinajstić information content (AvgIpc) is 2.87. The molecular formula is C25H28FN7O3. The first-order chi connectivity index (χ1) is 17.4. The molecule has 3 aromatic rings. The number of aromatic nitrogens is 2. The molecule has 1 fully saturated rings. The van der Waals surface area contributed by atoms with Crippen LogP contribution in [0.5, 0.6) is 5.75 Å². The number of ether oxygens (including phenoxy) is 1. The summed E-state index contributed by atoms with van der Waals surface area (Å²) in [6.07, 6.45) is 6.57. The minimum Gasteiger partial charge on any atom is -0.496 e. The molecule has 1 aromatic carbocycles. The summed E-state index contributed by atoms with van der Waals surface area (Å²) in [6.45, 7) is 0. The summed E-state index contributed by atoms with van der Waals surface area (Å²) in [5.74, 6) is -1.50. The molecular weight excluding hydrogens is 465 g/mol. The van der Waals surface area contributed by atoms with Crippen LogP contribution in [0.1, 0.15) is 46.4 Å². The van der Waals surface area contributed by atoms with Crippen LogP contribution in [-0.2, 0) is 0 Å². The first-order valence-corrected chi connectivity index (χ1v) is 11.5. The van der Waals surface area contributed by atoms with Gasteiger partial charge in [0.05, 0.1) is 42.0 Å². The van der Waals surface area contributed by atoms with Crippen LogP contribution in [0.25, 0.3) is 0 Å². The van der Waals surface area contributed by atoms with Crippen molar-refractivity contribution in [1.29, 1.82) is 0 Å². The van der Waals surface area contributed by atoms with Gasteiger partial charge in [-0.15, -0.1) is 0 Å². The molecule has 1 aliphatic rings. The Morgan fingerprint density at radius 1 is 1.06 bits per heavy atom. The lowest BCUT2D eigenvalue weighted by Gasteiger charge is -2.30. The summed E-state index contributed by atoms with van der Waals surface area (Å²) in [5.41, 5.74) is 12.7. The van der Waals surface area contributed by atoms with Crippen molar-refractivity contribution in [2.45, 2.75) is 37.8 Å². The Kier molecular flexibility index (Phi) is 7.59. The van der Waals surface area contributed by atoms with Gasteiger partial charge in [0.1, 0.15) is 11.6 Å². The van der Waals surface area contributed by atoms with Crippen LogP contribution in [0.2, 0.25) is 0 Å². The third-order valence-electron chi connectivity index (χ3n) is 5.99. The predicted molar refractivity (Wildman–Crippen MR) is 135 cm³/mol. The highest BCUT2D eigenvalue weighted by Crippen LogP contribution is 2.27. The fourth-order valence-corrected chi connectivity index (χ4v) is 4.13. The van der Waals surface area contributed by atoms with E-state index in [4.69, 9.17) is 16.2 Å². The third-order valence-corrected chi connectivity index (χ3v) is 5.99. The van der Waals surface area contributed by atoms with Crippen molar-refractivity contribution in [3.63, 3.8) is 0 Å². The molecule has 1 aliphatic carbocycles. The van der Waals surface area contributed by atoms with Crippen LogP contribution >= 0.6 is 0 Å². The van der Waals surface area contributed by atoms with E-state index in [1.54, 1.807) is 30.3 Å². The zero-order valence-electron chi connectivity index (χ0n) is 19.8. The predicted octanol–water partition coefficient (Wildman–Crippen LogP) is 3.40. The van der Waals surface area contributed by atoms with Gasteiger partial charge < -0.3 is 32.2 Å². The second-order valence-electron chi connectivity index (χ2n) is 8.52.